The van der Waals surface area contributed by atoms with Gasteiger partial charge in [-0.15, -0.1) is 13.2 Å². The van der Waals surface area contributed by atoms with Crippen LogP contribution in [0.15, 0.2) is 13.2 Å². The summed E-state index contributed by atoms with van der Waals surface area (Å²) in [5, 5.41) is 16.4. The van der Waals surface area contributed by atoms with Crippen LogP contribution in [0.1, 0.15) is 88.0 Å². The Hall–Kier alpha value is -2.30. The van der Waals surface area contributed by atoms with E-state index < -0.39 is 36.0 Å². The van der Waals surface area contributed by atoms with Crippen LogP contribution in [0.25, 0.3) is 0 Å². The van der Waals surface area contributed by atoms with Crippen LogP contribution in [0.2, 0.25) is 0 Å². The van der Waals surface area contributed by atoms with Gasteiger partial charge >= 0.3 is 0 Å². The Bertz CT molecular complexity index is 665. The highest BCUT2D eigenvalue weighted by Gasteiger charge is 2.25. The summed E-state index contributed by atoms with van der Waals surface area (Å²) in [5.41, 5.74) is 5.14. The maximum absolute atomic E-state index is 11.9. The van der Waals surface area contributed by atoms with Gasteiger partial charge in [0.1, 0.15) is 6.23 Å². The van der Waals surface area contributed by atoms with Gasteiger partial charge < -0.3 is 26.2 Å². The van der Waals surface area contributed by atoms with E-state index in [1.807, 2.05) is 0 Å². The van der Waals surface area contributed by atoms with Crippen molar-refractivity contribution < 1.29 is 29.0 Å². The molecule has 0 aromatic heterocycles. The third-order valence-electron chi connectivity index (χ3n) is 4.85. The average Bonchev–Trinajstić information content (AvgIpc) is 2.76. The van der Waals surface area contributed by atoms with Crippen molar-refractivity contribution in [2.45, 2.75) is 112 Å². The minimum absolute atomic E-state index is 0.0728. The fraction of sp³-hybridized carbons (Fsp3) is 0.778. The normalized spacial score (nSPS) is 13.3. The lowest BCUT2D eigenvalue weighted by molar-refractivity contribution is -0.132. The van der Waals surface area contributed by atoms with Crippen molar-refractivity contribution >= 4 is 23.5 Å². The molecule has 0 aromatic carbocycles. The number of Topliss-reactive ketones (excluding diaryl/α,β-unsaturated/α-hetero) is 1. The van der Waals surface area contributed by atoms with Gasteiger partial charge in [-0.05, 0) is 46.5 Å². The van der Waals surface area contributed by atoms with Gasteiger partial charge in [-0.3, -0.25) is 24.5 Å². The molecule has 0 aliphatic rings. The molecule has 0 aliphatic carbocycles. The van der Waals surface area contributed by atoms with Crippen molar-refractivity contribution in [3.05, 3.63) is 13.2 Å². The number of ketones is 1. The van der Waals surface area contributed by atoms with Crippen LogP contribution >= 0.6 is 0 Å². The summed E-state index contributed by atoms with van der Waals surface area (Å²) in [6, 6.07) is -1.70. The molecular weight excluding hydrogens is 476 g/mol. The fourth-order valence-corrected chi connectivity index (χ4v) is 3.36. The number of unbranched alkanes of at least 4 members (excludes halogenated alkanes) is 1. The lowest BCUT2D eigenvalue weighted by Gasteiger charge is -2.27. The Kier molecular flexibility index (Phi) is 23.1. The Morgan fingerprint density at radius 3 is 1.97 bits per heavy atom. The summed E-state index contributed by atoms with van der Waals surface area (Å²) in [6.07, 6.45) is 2.39. The molecule has 3 unspecified atom stereocenters. The maximum Gasteiger partial charge on any atom is 0.239 e. The Labute approximate surface area is 224 Å². The monoisotopic (exact) mass is 530 g/mol. The number of primary amides is 1. The van der Waals surface area contributed by atoms with Crippen LogP contribution in [-0.4, -0.2) is 65.7 Å². The number of rotatable bonds is 16. The molecule has 6 N–H and O–H groups in total. The zero-order valence-corrected chi connectivity index (χ0v) is 24.6. The first kappa shape index (κ1) is 39.2. The second-order valence-electron chi connectivity index (χ2n) is 10.2. The molecule has 0 rings (SSSR count). The highest BCUT2D eigenvalue weighted by atomic mass is 16.5. The van der Waals surface area contributed by atoms with Crippen molar-refractivity contribution in [2.75, 3.05) is 13.2 Å². The Morgan fingerprint density at radius 2 is 1.57 bits per heavy atom. The average molecular weight is 531 g/mol. The van der Waals surface area contributed by atoms with Crippen LogP contribution in [0.5, 0.6) is 0 Å². The van der Waals surface area contributed by atoms with E-state index in [0.717, 1.165) is 18.9 Å². The molecule has 0 spiro atoms. The molecule has 0 aromatic rings. The molecule has 10 nitrogen and oxygen atoms in total. The molecule has 37 heavy (non-hydrogen) atoms. The zero-order chi connectivity index (χ0) is 29.8. The molecule has 3 amide bonds. The van der Waals surface area contributed by atoms with E-state index in [1.54, 1.807) is 13.8 Å². The number of ether oxygens (including phenoxy) is 1. The van der Waals surface area contributed by atoms with Crippen molar-refractivity contribution in [1.82, 2.24) is 16.0 Å². The van der Waals surface area contributed by atoms with Gasteiger partial charge in [-0.25, -0.2) is 0 Å². The summed E-state index contributed by atoms with van der Waals surface area (Å²) in [7, 11) is 0. The third kappa shape index (κ3) is 23.8. The standard InChI is InChI=1S/C14H26N4O5.C11H24O.C2H4/c1-7(2)13(22)10(5-11(15)20)18-12(21)6-16-14(23)8(3)17-9(4)19;1-6-7-8-12-11(4,5)9-10(2)3;1-2/h7-10,17,19H,5-6H2,1-4H3,(H2,15,20)(H,16,23)(H,18,21);10H,6-9H2,1-5H3;1-2H2. The van der Waals surface area contributed by atoms with Crippen LogP contribution in [0.3, 0.4) is 0 Å². The number of amides is 3. The first-order chi connectivity index (χ1) is 17.0. The first-order valence-corrected chi connectivity index (χ1v) is 13.0. The quantitative estimate of drug-likeness (QED) is 0.116. The van der Waals surface area contributed by atoms with Crippen LogP contribution < -0.4 is 21.7 Å². The van der Waals surface area contributed by atoms with Crippen LogP contribution in [0.4, 0.5) is 0 Å². The molecule has 3 atom stereocenters. The highest BCUT2D eigenvalue weighted by Crippen LogP contribution is 2.20. The summed E-state index contributed by atoms with van der Waals surface area (Å²) < 4.78 is 5.78. The second kappa shape index (κ2) is 21.8. The molecule has 0 heterocycles. The maximum atomic E-state index is 11.9. The van der Waals surface area contributed by atoms with Gasteiger partial charge in [0.2, 0.25) is 17.7 Å². The number of nitrogens with one attached hydrogen (secondary N) is 3. The summed E-state index contributed by atoms with van der Waals surface area (Å²) >= 11 is 0. The smallest absolute Gasteiger partial charge is 0.239 e. The van der Waals surface area contributed by atoms with Gasteiger partial charge in [0, 0.05) is 12.5 Å². The van der Waals surface area contributed by atoms with Crippen molar-refractivity contribution in [1.29, 1.82) is 0 Å². The predicted molar refractivity (Wildman–Crippen MR) is 149 cm³/mol. The van der Waals surface area contributed by atoms with E-state index in [9.17, 15) is 19.2 Å². The lowest BCUT2D eigenvalue weighted by atomic mass is 9.96. The third-order valence-corrected chi connectivity index (χ3v) is 4.85. The highest BCUT2D eigenvalue weighted by molar-refractivity contribution is 5.95. The fourth-order valence-electron chi connectivity index (χ4n) is 3.36. The first-order valence-electron chi connectivity index (χ1n) is 13.0. The van der Waals surface area contributed by atoms with Gasteiger partial charge in [-0.1, -0.05) is 41.0 Å². The topological polar surface area (TPSA) is 160 Å². The van der Waals surface area contributed by atoms with Crippen molar-refractivity contribution in [3.8, 4) is 0 Å². The molecule has 0 saturated carbocycles. The Morgan fingerprint density at radius 1 is 1.03 bits per heavy atom. The lowest BCUT2D eigenvalue weighted by Crippen LogP contribution is -2.51. The van der Waals surface area contributed by atoms with Gasteiger partial charge in [-0.2, -0.15) is 0 Å². The van der Waals surface area contributed by atoms with Crippen molar-refractivity contribution in [2.24, 2.45) is 17.6 Å². The molecule has 0 fully saturated rings. The minimum atomic E-state index is -1.01. The van der Waals surface area contributed by atoms with Crippen LogP contribution in [0, 0.1) is 11.8 Å². The summed E-state index contributed by atoms with van der Waals surface area (Å²) in [6.45, 7) is 23.9. The second-order valence-corrected chi connectivity index (χ2v) is 10.2. The molecule has 0 aliphatic heterocycles. The van der Waals surface area contributed by atoms with E-state index in [-0.39, 0.29) is 30.3 Å². The summed E-state index contributed by atoms with van der Waals surface area (Å²) in [5.74, 6) is -1.76. The largest absolute Gasteiger partial charge is 0.379 e. The van der Waals surface area contributed by atoms with Crippen molar-refractivity contribution in [3.63, 3.8) is 0 Å². The van der Waals surface area contributed by atoms with E-state index in [2.05, 4.69) is 63.7 Å². The van der Waals surface area contributed by atoms with Gasteiger partial charge in [0.25, 0.3) is 0 Å². The number of aliphatic hydroxyl groups excluding tert-OH is 1. The molecule has 0 radical (unpaired) electrons. The SMILES string of the molecule is C=C.CC(O)NC(C)C(=O)NCC(=O)NC(CC(N)=O)C(=O)C(C)C.CCCCOC(C)(C)CC(C)C. The summed E-state index contributed by atoms with van der Waals surface area (Å²) in [4.78, 5) is 46.4. The number of hydrogen-bond donors (Lipinski definition) is 5. The number of carbonyl (C=O) groups is 4. The Balaban J connectivity index is -0.000000694. The molecule has 10 heteroatoms. The predicted octanol–water partition coefficient (Wildman–Crippen LogP) is 2.43. The molecular formula is C27H54N4O6. The van der Waals surface area contributed by atoms with E-state index >= 15 is 0 Å². The minimum Gasteiger partial charge on any atom is -0.379 e. The number of hydrogen-bond acceptors (Lipinski definition) is 7. The van der Waals surface area contributed by atoms with E-state index in [1.165, 1.54) is 26.7 Å². The van der Waals surface area contributed by atoms with Gasteiger partial charge in [0.15, 0.2) is 5.78 Å². The zero-order valence-electron chi connectivity index (χ0n) is 24.6. The van der Waals surface area contributed by atoms with E-state index in [0.29, 0.717) is 0 Å². The number of nitrogens with two attached hydrogens (primary N) is 1. The van der Waals surface area contributed by atoms with Crippen LogP contribution in [-0.2, 0) is 23.9 Å². The number of aliphatic hydroxyl groups is 1. The molecule has 0 bridgehead atoms. The molecule has 218 valence electrons. The van der Waals surface area contributed by atoms with Gasteiger partial charge in [0.05, 0.1) is 30.7 Å². The molecule has 0 saturated heterocycles. The number of carbonyl (C=O) groups excluding carboxylic acids is 4. The van der Waals surface area contributed by atoms with E-state index in [4.69, 9.17) is 15.6 Å².